The Bertz CT molecular complexity index is 1000. The van der Waals surface area contributed by atoms with Crippen molar-refractivity contribution in [1.29, 1.82) is 5.26 Å². The molecule has 126 valence electrons. The van der Waals surface area contributed by atoms with Crippen molar-refractivity contribution >= 4 is 23.2 Å². The van der Waals surface area contributed by atoms with Gasteiger partial charge >= 0.3 is 5.97 Å². The number of nitrogens with zero attached hydrogens (tertiary/aromatic N) is 4. The van der Waals surface area contributed by atoms with Gasteiger partial charge in [-0.05, 0) is 31.5 Å². The fourth-order valence-electron chi connectivity index (χ4n) is 2.61. The van der Waals surface area contributed by atoms with Gasteiger partial charge in [0.15, 0.2) is 5.65 Å². The van der Waals surface area contributed by atoms with E-state index in [1.165, 1.54) is 10.7 Å². The number of ether oxygens (including phenoxy) is 1. The molecule has 0 N–H and O–H groups in total. The van der Waals surface area contributed by atoms with Crippen molar-refractivity contribution in [3.05, 3.63) is 63.6 Å². The standard InChI is InChI=1S/C18H15ClN4O2/c1-3-25-18(24)15-10-21-23-16(19)14(11(2)22-17(15)23)8-12-5-4-6-13(7-12)9-20/h4-7,10H,3,8H2,1-2H3. The van der Waals surface area contributed by atoms with Crippen LogP contribution in [0.2, 0.25) is 5.15 Å². The lowest BCUT2D eigenvalue weighted by atomic mass is 10.0. The second-order valence-corrected chi connectivity index (χ2v) is 5.83. The van der Waals surface area contributed by atoms with Crippen molar-refractivity contribution in [2.75, 3.05) is 6.61 Å². The molecule has 3 aromatic rings. The van der Waals surface area contributed by atoms with Gasteiger partial charge in [-0.25, -0.2) is 14.3 Å². The Morgan fingerprint density at radius 2 is 2.24 bits per heavy atom. The summed E-state index contributed by atoms with van der Waals surface area (Å²) in [5.41, 5.74) is 3.68. The molecule has 0 atom stereocenters. The summed E-state index contributed by atoms with van der Waals surface area (Å²) in [6, 6.07) is 9.44. The lowest BCUT2D eigenvalue weighted by Crippen LogP contribution is -2.07. The summed E-state index contributed by atoms with van der Waals surface area (Å²) in [4.78, 5) is 16.5. The molecule has 25 heavy (non-hydrogen) atoms. The van der Waals surface area contributed by atoms with Gasteiger partial charge in [-0.1, -0.05) is 23.7 Å². The van der Waals surface area contributed by atoms with Crippen molar-refractivity contribution in [1.82, 2.24) is 14.6 Å². The van der Waals surface area contributed by atoms with Crippen molar-refractivity contribution in [2.45, 2.75) is 20.3 Å². The smallest absolute Gasteiger partial charge is 0.343 e. The quantitative estimate of drug-likeness (QED) is 0.530. The fourth-order valence-corrected chi connectivity index (χ4v) is 2.93. The predicted molar refractivity (Wildman–Crippen MR) is 92.7 cm³/mol. The maximum absolute atomic E-state index is 12.0. The highest BCUT2D eigenvalue weighted by Crippen LogP contribution is 2.25. The molecule has 0 fully saturated rings. The molecule has 2 heterocycles. The highest BCUT2D eigenvalue weighted by Gasteiger charge is 2.20. The minimum Gasteiger partial charge on any atom is -0.462 e. The molecule has 2 aromatic heterocycles. The summed E-state index contributed by atoms with van der Waals surface area (Å²) in [6.45, 7) is 3.84. The van der Waals surface area contributed by atoms with Gasteiger partial charge in [-0.3, -0.25) is 0 Å². The summed E-state index contributed by atoms with van der Waals surface area (Å²) in [6.07, 6.45) is 1.92. The Morgan fingerprint density at radius 1 is 1.44 bits per heavy atom. The van der Waals surface area contributed by atoms with E-state index in [2.05, 4.69) is 16.2 Å². The largest absolute Gasteiger partial charge is 0.462 e. The summed E-state index contributed by atoms with van der Waals surface area (Å²) < 4.78 is 6.45. The number of fused-ring (bicyclic) bond motifs is 1. The van der Waals surface area contributed by atoms with E-state index in [9.17, 15) is 4.79 Å². The van der Waals surface area contributed by atoms with Gasteiger partial charge in [0.05, 0.1) is 24.4 Å². The predicted octanol–water partition coefficient (Wildman–Crippen LogP) is 3.33. The fraction of sp³-hybridized carbons (Fsp3) is 0.222. The number of aryl methyl sites for hydroxylation is 1. The van der Waals surface area contributed by atoms with Gasteiger partial charge in [0.25, 0.3) is 0 Å². The number of hydrogen-bond donors (Lipinski definition) is 0. The first-order valence-electron chi connectivity index (χ1n) is 7.74. The van der Waals surface area contributed by atoms with E-state index in [-0.39, 0.29) is 12.2 Å². The molecular formula is C18H15ClN4O2. The first-order chi connectivity index (χ1) is 12.0. The molecule has 0 bridgehead atoms. The third-order valence-corrected chi connectivity index (χ3v) is 4.21. The van der Waals surface area contributed by atoms with Crippen LogP contribution in [-0.2, 0) is 11.2 Å². The van der Waals surface area contributed by atoms with Crippen LogP contribution in [-0.4, -0.2) is 27.2 Å². The Hall–Kier alpha value is -2.91. The number of halogens is 1. The number of carbonyl (C=O) groups is 1. The van der Waals surface area contributed by atoms with Crippen LogP contribution in [0.5, 0.6) is 0 Å². The van der Waals surface area contributed by atoms with Gasteiger partial charge in [0.2, 0.25) is 0 Å². The molecule has 0 spiro atoms. The molecule has 0 amide bonds. The zero-order chi connectivity index (χ0) is 18.0. The molecule has 3 rings (SSSR count). The van der Waals surface area contributed by atoms with E-state index >= 15 is 0 Å². The SMILES string of the molecule is CCOC(=O)c1cnn2c(Cl)c(Cc3cccc(C#N)c3)c(C)nc12. The highest BCUT2D eigenvalue weighted by molar-refractivity contribution is 6.30. The van der Waals surface area contributed by atoms with Crippen LogP contribution >= 0.6 is 11.6 Å². The first-order valence-corrected chi connectivity index (χ1v) is 8.11. The van der Waals surface area contributed by atoms with Crippen molar-refractivity contribution in [3.8, 4) is 6.07 Å². The van der Waals surface area contributed by atoms with Gasteiger partial charge in [-0.15, -0.1) is 0 Å². The average molecular weight is 355 g/mol. The van der Waals surface area contributed by atoms with Crippen LogP contribution in [0.25, 0.3) is 5.65 Å². The minimum atomic E-state index is -0.477. The zero-order valence-corrected chi connectivity index (χ0v) is 14.5. The summed E-state index contributed by atoms with van der Waals surface area (Å²) in [5.74, 6) is -0.477. The number of esters is 1. The summed E-state index contributed by atoms with van der Waals surface area (Å²) in [5, 5.41) is 13.6. The number of nitriles is 1. The number of carbonyl (C=O) groups excluding carboxylic acids is 1. The van der Waals surface area contributed by atoms with Gasteiger partial charge in [-0.2, -0.15) is 10.4 Å². The van der Waals surface area contributed by atoms with Crippen molar-refractivity contribution < 1.29 is 9.53 Å². The molecule has 0 aliphatic carbocycles. The Kier molecular flexibility index (Phi) is 4.68. The Labute approximate surface area is 149 Å². The molecule has 0 radical (unpaired) electrons. The van der Waals surface area contributed by atoms with E-state index in [4.69, 9.17) is 21.6 Å². The van der Waals surface area contributed by atoms with Crippen LogP contribution in [0.4, 0.5) is 0 Å². The second-order valence-electron chi connectivity index (χ2n) is 5.47. The third-order valence-electron chi connectivity index (χ3n) is 3.82. The van der Waals surface area contributed by atoms with Crippen LogP contribution < -0.4 is 0 Å². The van der Waals surface area contributed by atoms with Crippen molar-refractivity contribution in [3.63, 3.8) is 0 Å². The Balaban J connectivity index is 2.05. The van der Waals surface area contributed by atoms with Gasteiger partial charge in [0.1, 0.15) is 10.7 Å². The van der Waals surface area contributed by atoms with Gasteiger partial charge in [0, 0.05) is 17.7 Å². The minimum absolute atomic E-state index is 0.274. The van der Waals surface area contributed by atoms with Gasteiger partial charge < -0.3 is 4.74 Å². The Morgan fingerprint density at radius 3 is 2.96 bits per heavy atom. The lowest BCUT2D eigenvalue weighted by molar-refractivity contribution is 0.0528. The topological polar surface area (TPSA) is 80.3 Å². The molecule has 7 heteroatoms. The molecule has 0 aliphatic heterocycles. The molecule has 0 aliphatic rings. The third kappa shape index (κ3) is 3.19. The molecule has 0 saturated heterocycles. The number of benzene rings is 1. The van der Waals surface area contributed by atoms with Crippen LogP contribution in [0.15, 0.2) is 30.5 Å². The summed E-state index contributed by atoms with van der Waals surface area (Å²) >= 11 is 6.51. The molecule has 1 aromatic carbocycles. The average Bonchev–Trinajstić information content (AvgIpc) is 3.03. The van der Waals surface area contributed by atoms with Crippen molar-refractivity contribution in [2.24, 2.45) is 0 Å². The number of hydrogen-bond acceptors (Lipinski definition) is 5. The van der Waals surface area contributed by atoms with E-state index in [0.29, 0.717) is 28.5 Å². The maximum Gasteiger partial charge on any atom is 0.343 e. The van der Waals surface area contributed by atoms with E-state index in [1.807, 2.05) is 25.1 Å². The molecule has 0 unspecified atom stereocenters. The normalized spacial score (nSPS) is 10.6. The molecule has 0 saturated carbocycles. The number of rotatable bonds is 4. The molecular weight excluding hydrogens is 340 g/mol. The van der Waals surface area contributed by atoms with Crippen LogP contribution in [0.1, 0.15) is 39.7 Å². The lowest BCUT2D eigenvalue weighted by Gasteiger charge is -2.10. The van der Waals surface area contributed by atoms with E-state index < -0.39 is 5.97 Å². The highest BCUT2D eigenvalue weighted by atomic mass is 35.5. The van der Waals surface area contributed by atoms with E-state index in [1.54, 1.807) is 13.0 Å². The summed E-state index contributed by atoms with van der Waals surface area (Å²) in [7, 11) is 0. The maximum atomic E-state index is 12.0. The first kappa shape index (κ1) is 16.9. The number of aromatic nitrogens is 3. The van der Waals surface area contributed by atoms with E-state index in [0.717, 1.165) is 11.1 Å². The molecule has 6 nitrogen and oxygen atoms in total. The second kappa shape index (κ2) is 6.91. The van der Waals surface area contributed by atoms with Crippen LogP contribution in [0.3, 0.4) is 0 Å². The monoisotopic (exact) mass is 354 g/mol. The zero-order valence-electron chi connectivity index (χ0n) is 13.8. The van der Waals surface area contributed by atoms with Crippen LogP contribution in [0, 0.1) is 18.3 Å².